The third kappa shape index (κ3) is 2.25. The van der Waals surface area contributed by atoms with E-state index in [4.69, 9.17) is 4.74 Å². The largest absolute Gasteiger partial charge is 0.466 e. The van der Waals surface area contributed by atoms with Gasteiger partial charge in [-0.3, -0.25) is 14.8 Å². The molecule has 0 saturated carbocycles. The lowest BCUT2D eigenvalue weighted by Gasteiger charge is -1.98. The van der Waals surface area contributed by atoms with E-state index in [9.17, 15) is 4.79 Å². The number of hydrogen-bond acceptors (Lipinski definition) is 5. The molecule has 0 spiro atoms. The molecule has 2 rings (SSSR count). The van der Waals surface area contributed by atoms with Crippen molar-refractivity contribution < 1.29 is 9.53 Å². The van der Waals surface area contributed by atoms with Gasteiger partial charge in [0, 0.05) is 13.2 Å². The number of hydrogen-bond donors (Lipinski definition) is 2. The third-order valence-corrected chi connectivity index (χ3v) is 2.14. The molecule has 2 N–H and O–H groups in total. The molecule has 90 valence electrons. The van der Waals surface area contributed by atoms with E-state index in [0.717, 1.165) is 0 Å². The molecule has 8 nitrogen and oxygen atoms in total. The summed E-state index contributed by atoms with van der Waals surface area (Å²) in [6, 6.07) is 0.170. The van der Waals surface area contributed by atoms with Crippen LogP contribution in [0.4, 0.5) is 5.95 Å². The van der Waals surface area contributed by atoms with E-state index < -0.39 is 0 Å². The number of amides is 1. The van der Waals surface area contributed by atoms with Gasteiger partial charge in [0.05, 0.1) is 18.4 Å². The lowest BCUT2D eigenvalue weighted by molar-refractivity contribution is 0.102. The number of carbonyl (C=O) groups excluding carboxylic acids is 1. The molecule has 17 heavy (non-hydrogen) atoms. The fourth-order valence-corrected chi connectivity index (χ4v) is 1.39. The van der Waals surface area contributed by atoms with Gasteiger partial charge in [-0.15, -0.1) is 5.10 Å². The predicted molar refractivity (Wildman–Crippen MR) is 58.8 cm³/mol. The van der Waals surface area contributed by atoms with Crippen LogP contribution < -0.4 is 10.1 Å². The number of carbonyl (C=O) groups is 1. The normalized spacial score (nSPS) is 10.3. The quantitative estimate of drug-likeness (QED) is 0.788. The topological polar surface area (TPSA) is 97.7 Å². The second kappa shape index (κ2) is 4.24. The molecular weight excluding hydrogens is 224 g/mol. The highest BCUT2D eigenvalue weighted by Gasteiger charge is 2.14. The van der Waals surface area contributed by atoms with E-state index in [1.165, 1.54) is 7.11 Å². The van der Waals surface area contributed by atoms with E-state index in [0.29, 0.717) is 11.3 Å². The smallest absolute Gasteiger partial charge is 0.336 e. The standard InChI is InChI=1S/C9H12N6O2/c1-5-6(4-15(2)14-5)7(16)10-8-11-9(17-3)13-12-8/h4H,1-3H3,(H2,10,11,12,13,16). The number of methoxy groups -OCH3 is 1. The zero-order valence-corrected chi connectivity index (χ0v) is 9.68. The van der Waals surface area contributed by atoms with Crippen molar-refractivity contribution in [1.82, 2.24) is 25.0 Å². The molecule has 0 bridgehead atoms. The summed E-state index contributed by atoms with van der Waals surface area (Å²) in [5.41, 5.74) is 1.14. The fraction of sp³-hybridized carbons (Fsp3) is 0.333. The first-order valence-corrected chi connectivity index (χ1v) is 4.88. The summed E-state index contributed by atoms with van der Waals surface area (Å²) in [6.07, 6.45) is 1.64. The average Bonchev–Trinajstić information content (AvgIpc) is 2.85. The van der Waals surface area contributed by atoms with E-state index in [2.05, 4.69) is 25.6 Å². The van der Waals surface area contributed by atoms with Gasteiger partial charge in [-0.25, -0.2) is 5.10 Å². The van der Waals surface area contributed by atoms with Crippen molar-refractivity contribution >= 4 is 11.9 Å². The summed E-state index contributed by atoms with van der Waals surface area (Å²) in [7, 11) is 3.20. The summed E-state index contributed by atoms with van der Waals surface area (Å²) in [5, 5.41) is 12.9. The number of aryl methyl sites for hydroxylation is 2. The van der Waals surface area contributed by atoms with Crippen LogP contribution >= 0.6 is 0 Å². The van der Waals surface area contributed by atoms with E-state index in [1.54, 1.807) is 24.9 Å². The average molecular weight is 236 g/mol. The van der Waals surface area contributed by atoms with Crippen LogP contribution in [0.2, 0.25) is 0 Å². The Morgan fingerprint density at radius 1 is 1.59 bits per heavy atom. The molecule has 0 radical (unpaired) electrons. The zero-order valence-electron chi connectivity index (χ0n) is 9.68. The Bertz CT molecular complexity index is 543. The maximum absolute atomic E-state index is 11.9. The first-order valence-electron chi connectivity index (χ1n) is 4.88. The maximum Gasteiger partial charge on any atom is 0.336 e. The molecule has 8 heteroatoms. The minimum Gasteiger partial charge on any atom is -0.466 e. The first-order chi connectivity index (χ1) is 8.10. The van der Waals surface area contributed by atoms with Crippen molar-refractivity contribution in [2.75, 3.05) is 12.4 Å². The molecule has 2 aromatic heterocycles. The monoisotopic (exact) mass is 236 g/mol. The highest BCUT2D eigenvalue weighted by Crippen LogP contribution is 2.09. The minimum absolute atomic E-state index is 0.170. The van der Waals surface area contributed by atoms with Crippen LogP contribution in [0.5, 0.6) is 6.01 Å². The van der Waals surface area contributed by atoms with E-state index in [-0.39, 0.29) is 17.9 Å². The fourth-order valence-electron chi connectivity index (χ4n) is 1.39. The molecule has 0 aliphatic heterocycles. The Balaban J connectivity index is 2.14. The van der Waals surface area contributed by atoms with Crippen molar-refractivity contribution in [3.63, 3.8) is 0 Å². The Morgan fingerprint density at radius 3 is 2.88 bits per heavy atom. The molecule has 2 aromatic rings. The van der Waals surface area contributed by atoms with E-state index in [1.807, 2.05) is 0 Å². The van der Waals surface area contributed by atoms with Gasteiger partial charge >= 0.3 is 6.01 Å². The Hall–Kier alpha value is -2.38. The lowest BCUT2D eigenvalue weighted by Crippen LogP contribution is -2.13. The number of nitrogens with zero attached hydrogens (tertiary/aromatic N) is 4. The Morgan fingerprint density at radius 2 is 2.35 bits per heavy atom. The van der Waals surface area contributed by atoms with Crippen LogP contribution in [0, 0.1) is 6.92 Å². The van der Waals surface area contributed by atoms with Gasteiger partial charge in [0.15, 0.2) is 0 Å². The molecular formula is C9H12N6O2. The van der Waals surface area contributed by atoms with Gasteiger partial charge in [0.2, 0.25) is 5.95 Å². The number of ether oxygens (including phenoxy) is 1. The maximum atomic E-state index is 11.9. The molecule has 2 heterocycles. The van der Waals surface area contributed by atoms with Gasteiger partial charge in [-0.05, 0) is 6.92 Å². The zero-order chi connectivity index (χ0) is 12.4. The van der Waals surface area contributed by atoms with Crippen LogP contribution in [-0.2, 0) is 7.05 Å². The van der Waals surface area contributed by atoms with Crippen LogP contribution in [0.25, 0.3) is 0 Å². The van der Waals surface area contributed by atoms with Gasteiger partial charge < -0.3 is 4.74 Å². The van der Waals surface area contributed by atoms with Gasteiger partial charge in [-0.2, -0.15) is 10.1 Å². The van der Waals surface area contributed by atoms with Gasteiger partial charge in [0.25, 0.3) is 5.91 Å². The highest BCUT2D eigenvalue weighted by atomic mass is 16.5. The van der Waals surface area contributed by atoms with Crippen molar-refractivity contribution in [2.45, 2.75) is 6.92 Å². The van der Waals surface area contributed by atoms with Crippen LogP contribution in [0.1, 0.15) is 16.1 Å². The number of anilines is 1. The molecule has 0 aliphatic carbocycles. The summed E-state index contributed by atoms with van der Waals surface area (Å²) in [4.78, 5) is 15.7. The minimum atomic E-state index is -0.297. The lowest BCUT2D eigenvalue weighted by atomic mass is 10.2. The van der Waals surface area contributed by atoms with Crippen molar-refractivity contribution in [3.8, 4) is 6.01 Å². The summed E-state index contributed by atoms with van der Waals surface area (Å²) in [5.74, 6) is -0.0653. The molecule has 0 saturated heterocycles. The number of rotatable bonds is 3. The van der Waals surface area contributed by atoms with Crippen molar-refractivity contribution in [2.24, 2.45) is 7.05 Å². The molecule has 0 aliphatic rings. The number of aromatic amines is 1. The van der Waals surface area contributed by atoms with Crippen molar-refractivity contribution in [1.29, 1.82) is 0 Å². The molecule has 0 unspecified atom stereocenters. The summed E-state index contributed by atoms with van der Waals surface area (Å²) in [6.45, 7) is 1.76. The molecule has 0 atom stereocenters. The number of nitrogens with one attached hydrogen (secondary N) is 2. The summed E-state index contributed by atoms with van der Waals surface area (Å²) >= 11 is 0. The first kappa shape index (κ1) is 11.1. The summed E-state index contributed by atoms with van der Waals surface area (Å²) < 4.78 is 6.36. The van der Waals surface area contributed by atoms with E-state index >= 15 is 0 Å². The van der Waals surface area contributed by atoms with Gasteiger partial charge in [-0.1, -0.05) is 0 Å². The second-order valence-corrected chi connectivity index (χ2v) is 3.43. The second-order valence-electron chi connectivity index (χ2n) is 3.43. The molecule has 0 fully saturated rings. The highest BCUT2D eigenvalue weighted by molar-refractivity contribution is 6.03. The Kier molecular flexibility index (Phi) is 2.77. The predicted octanol–water partition coefficient (Wildman–Crippen LogP) is 0.108. The molecule has 1 amide bonds. The van der Waals surface area contributed by atoms with Crippen LogP contribution in [0.15, 0.2) is 6.20 Å². The van der Waals surface area contributed by atoms with Crippen LogP contribution in [0.3, 0.4) is 0 Å². The SMILES string of the molecule is COc1n[nH]c(NC(=O)c2cn(C)nc2C)n1. The van der Waals surface area contributed by atoms with Gasteiger partial charge in [0.1, 0.15) is 0 Å². The van der Waals surface area contributed by atoms with Crippen LogP contribution in [-0.4, -0.2) is 38.0 Å². The third-order valence-electron chi connectivity index (χ3n) is 2.14. The number of H-pyrrole nitrogens is 1. The number of aromatic nitrogens is 5. The van der Waals surface area contributed by atoms with Crippen molar-refractivity contribution in [3.05, 3.63) is 17.5 Å². The molecule has 0 aromatic carbocycles. The Labute approximate surface area is 97.0 Å².